The van der Waals surface area contributed by atoms with Gasteiger partial charge in [-0.15, -0.1) is 0 Å². The predicted molar refractivity (Wildman–Crippen MR) is 94.9 cm³/mol. The molecular formula is C17H14ClN5O2. The third-order valence-corrected chi connectivity index (χ3v) is 4.05. The molecule has 2 N–H and O–H groups in total. The Morgan fingerprint density at radius 3 is 2.96 bits per heavy atom. The van der Waals surface area contributed by atoms with Crippen LogP contribution < -0.4 is 15.6 Å². The Balaban J connectivity index is 1.95. The van der Waals surface area contributed by atoms with Crippen LogP contribution in [0.4, 0.5) is 5.95 Å². The number of H-pyrrole nitrogens is 1. The van der Waals surface area contributed by atoms with Crippen LogP contribution in [0.1, 0.15) is 24.1 Å². The lowest BCUT2D eigenvalue weighted by atomic mass is 10.1. The highest BCUT2D eigenvalue weighted by Crippen LogP contribution is 2.23. The third-order valence-electron chi connectivity index (χ3n) is 3.74. The number of pyridine rings is 1. The van der Waals surface area contributed by atoms with Gasteiger partial charge in [-0.25, -0.2) is 4.98 Å². The van der Waals surface area contributed by atoms with Gasteiger partial charge in [-0.1, -0.05) is 23.7 Å². The van der Waals surface area contributed by atoms with E-state index >= 15 is 0 Å². The molecule has 0 unspecified atom stereocenters. The fraction of sp³-hybridized carbons (Fsp3) is 0.176. The van der Waals surface area contributed by atoms with Crippen molar-refractivity contribution in [3.05, 3.63) is 57.0 Å². The van der Waals surface area contributed by atoms with Crippen molar-refractivity contribution in [3.8, 4) is 11.9 Å². The van der Waals surface area contributed by atoms with Crippen LogP contribution in [0.25, 0.3) is 10.9 Å². The number of hydrogen-bond donors (Lipinski definition) is 2. The monoisotopic (exact) mass is 355 g/mol. The number of ether oxygens (including phenoxy) is 1. The molecule has 0 saturated carbocycles. The largest absolute Gasteiger partial charge is 0.480 e. The molecular weight excluding hydrogens is 342 g/mol. The van der Waals surface area contributed by atoms with Crippen molar-refractivity contribution >= 4 is 28.5 Å². The van der Waals surface area contributed by atoms with Crippen LogP contribution in [0.3, 0.4) is 0 Å². The summed E-state index contributed by atoms with van der Waals surface area (Å²) in [5.41, 5.74) is 1.10. The normalized spacial score (nSPS) is 11.8. The van der Waals surface area contributed by atoms with Gasteiger partial charge in [0, 0.05) is 10.9 Å². The molecule has 0 radical (unpaired) electrons. The smallest absolute Gasteiger partial charge is 0.253 e. The number of aromatic amines is 1. The number of fused-ring (bicyclic) bond motifs is 1. The van der Waals surface area contributed by atoms with Crippen molar-refractivity contribution in [2.75, 3.05) is 12.4 Å². The summed E-state index contributed by atoms with van der Waals surface area (Å²) in [5.74, 6) is 0.431. The standard InChI is InChI=1S/C17H14ClN5O2/c1-9(21-17-20-8-11(7-19)16(23-17)25-2)12-6-10-4-3-5-13(18)14(10)22-15(12)24/h3-6,8-9H,1-2H3,(H,22,24)(H,20,21,23)/t9-/m1/s1. The quantitative estimate of drug-likeness (QED) is 0.745. The molecule has 1 aromatic carbocycles. The van der Waals surface area contributed by atoms with Crippen LogP contribution in [0.5, 0.6) is 5.88 Å². The van der Waals surface area contributed by atoms with Gasteiger partial charge in [-0.2, -0.15) is 10.2 Å². The first-order chi connectivity index (χ1) is 12.0. The fourth-order valence-electron chi connectivity index (χ4n) is 2.47. The zero-order valence-electron chi connectivity index (χ0n) is 13.5. The third kappa shape index (κ3) is 3.25. The minimum absolute atomic E-state index is 0.173. The van der Waals surface area contributed by atoms with Crippen molar-refractivity contribution in [1.82, 2.24) is 15.0 Å². The summed E-state index contributed by atoms with van der Waals surface area (Å²) in [6.07, 6.45) is 1.37. The number of para-hydroxylation sites is 1. The van der Waals surface area contributed by atoms with Crippen molar-refractivity contribution in [1.29, 1.82) is 5.26 Å². The number of hydrogen-bond acceptors (Lipinski definition) is 6. The molecule has 0 aliphatic rings. The van der Waals surface area contributed by atoms with E-state index < -0.39 is 0 Å². The molecule has 2 heterocycles. The van der Waals surface area contributed by atoms with E-state index in [-0.39, 0.29) is 29.0 Å². The van der Waals surface area contributed by atoms with Gasteiger partial charge in [0.1, 0.15) is 11.6 Å². The Morgan fingerprint density at radius 2 is 2.24 bits per heavy atom. The Hall–Kier alpha value is -3.11. The topological polar surface area (TPSA) is 104 Å². The molecule has 7 nitrogen and oxygen atoms in total. The first-order valence-electron chi connectivity index (χ1n) is 7.42. The lowest BCUT2D eigenvalue weighted by molar-refractivity contribution is 0.396. The Kier molecular flexibility index (Phi) is 4.55. The van der Waals surface area contributed by atoms with E-state index in [1.165, 1.54) is 13.3 Å². The molecule has 0 bridgehead atoms. The molecule has 0 aliphatic heterocycles. The van der Waals surface area contributed by atoms with E-state index in [4.69, 9.17) is 21.6 Å². The Morgan fingerprint density at radius 1 is 1.44 bits per heavy atom. The number of nitrogens with zero attached hydrogens (tertiary/aromatic N) is 3. The van der Waals surface area contributed by atoms with E-state index in [1.54, 1.807) is 12.1 Å². The van der Waals surface area contributed by atoms with Gasteiger partial charge >= 0.3 is 0 Å². The number of halogens is 1. The molecule has 3 rings (SSSR count). The van der Waals surface area contributed by atoms with Crippen molar-refractivity contribution in [3.63, 3.8) is 0 Å². The van der Waals surface area contributed by atoms with Gasteiger partial charge in [0.25, 0.3) is 5.56 Å². The predicted octanol–water partition coefficient (Wildman–Crippen LogP) is 3.02. The number of rotatable bonds is 4. The summed E-state index contributed by atoms with van der Waals surface area (Å²) in [6.45, 7) is 1.81. The molecule has 3 aromatic rings. The maximum Gasteiger partial charge on any atom is 0.253 e. The second kappa shape index (κ2) is 6.79. The minimum Gasteiger partial charge on any atom is -0.480 e. The fourth-order valence-corrected chi connectivity index (χ4v) is 2.70. The number of methoxy groups -OCH3 is 1. The summed E-state index contributed by atoms with van der Waals surface area (Å²) in [4.78, 5) is 23.4. The zero-order chi connectivity index (χ0) is 18.0. The van der Waals surface area contributed by atoms with E-state index in [0.717, 1.165) is 5.39 Å². The van der Waals surface area contributed by atoms with Gasteiger partial charge in [0.15, 0.2) is 0 Å². The lowest BCUT2D eigenvalue weighted by Crippen LogP contribution is -2.20. The molecule has 0 aliphatic carbocycles. The molecule has 8 heteroatoms. The second-order valence-electron chi connectivity index (χ2n) is 5.35. The molecule has 0 saturated heterocycles. The summed E-state index contributed by atoms with van der Waals surface area (Å²) >= 11 is 6.11. The van der Waals surface area contributed by atoms with Crippen LogP contribution >= 0.6 is 11.6 Å². The van der Waals surface area contributed by atoms with Gasteiger partial charge < -0.3 is 15.0 Å². The van der Waals surface area contributed by atoms with E-state index in [1.807, 2.05) is 25.1 Å². The highest BCUT2D eigenvalue weighted by atomic mass is 35.5. The minimum atomic E-state index is -0.371. The van der Waals surface area contributed by atoms with E-state index in [0.29, 0.717) is 16.1 Å². The molecule has 2 aromatic heterocycles. The van der Waals surface area contributed by atoms with E-state index in [2.05, 4.69) is 20.3 Å². The van der Waals surface area contributed by atoms with Crippen LogP contribution in [-0.2, 0) is 0 Å². The molecule has 0 amide bonds. The molecule has 25 heavy (non-hydrogen) atoms. The number of nitrogens with one attached hydrogen (secondary N) is 2. The second-order valence-corrected chi connectivity index (χ2v) is 5.76. The maximum atomic E-state index is 12.4. The number of anilines is 1. The highest BCUT2D eigenvalue weighted by molar-refractivity contribution is 6.35. The van der Waals surface area contributed by atoms with Crippen LogP contribution in [-0.4, -0.2) is 22.1 Å². The SMILES string of the molecule is COc1nc(N[C@H](C)c2cc3cccc(Cl)c3[nH]c2=O)ncc1C#N. The van der Waals surface area contributed by atoms with Gasteiger partial charge in [-0.05, 0) is 19.1 Å². The van der Waals surface area contributed by atoms with E-state index in [9.17, 15) is 4.79 Å². The highest BCUT2D eigenvalue weighted by Gasteiger charge is 2.15. The first kappa shape index (κ1) is 16.7. The summed E-state index contributed by atoms with van der Waals surface area (Å²) < 4.78 is 5.06. The average Bonchev–Trinajstić information content (AvgIpc) is 2.61. The van der Waals surface area contributed by atoms with Crippen LogP contribution in [0.2, 0.25) is 5.02 Å². The summed E-state index contributed by atoms with van der Waals surface area (Å²) in [6, 6.07) is 8.76. The van der Waals surface area contributed by atoms with Crippen LogP contribution in [0.15, 0.2) is 35.3 Å². The number of aromatic nitrogens is 3. The number of benzene rings is 1. The first-order valence-corrected chi connectivity index (χ1v) is 7.80. The lowest BCUT2D eigenvalue weighted by Gasteiger charge is -2.15. The Bertz CT molecular complexity index is 1040. The molecule has 0 fully saturated rings. The van der Waals surface area contributed by atoms with Gasteiger partial charge in [0.2, 0.25) is 11.8 Å². The summed E-state index contributed by atoms with van der Waals surface area (Å²) in [5, 5.41) is 13.3. The molecule has 126 valence electrons. The van der Waals surface area contributed by atoms with Gasteiger partial charge in [0.05, 0.1) is 29.9 Å². The average molecular weight is 356 g/mol. The number of nitriles is 1. The zero-order valence-corrected chi connectivity index (χ0v) is 14.3. The Labute approximate surface area is 148 Å². The maximum absolute atomic E-state index is 12.4. The summed E-state index contributed by atoms with van der Waals surface area (Å²) in [7, 11) is 1.42. The molecule has 1 atom stereocenters. The van der Waals surface area contributed by atoms with Crippen molar-refractivity contribution < 1.29 is 4.74 Å². The van der Waals surface area contributed by atoms with Crippen molar-refractivity contribution in [2.24, 2.45) is 0 Å². The van der Waals surface area contributed by atoms with Gasteiger partial charge in [-0.3, -0.25) is 4.79 Å². The van der Waals surface area contributed by atoms with Crippen molar-refractivity contribution in [2.45, 2.75) is 13.0 Å². The molecule has 0 spiro atoms. The van der Waals surface area contributed by atoms with Crippen LogP contribution in [0, 0.1) is 11.3 Å².